The molecule has 29 heavy (non-hydrogen) atoms. The zero-order chi connectivity index (χ0) is 20.9. The summed E-state index contributed by atoms with van der Waals surface area (Å²) in [7, 11) is -3.07. The molecule has 2 aliphatic rings. The van der Waals surface area contributed by atoms with Crippen LogP contribution in [0.2, 0.25) is 0 Å². The number of nitrogens with zero attached hydrogens (tertiary/aromatic N) is 5. The van der Waals surface area contributed by atoms with Crippen LogP contribution in [-0.2, 0) is 16.6 Å². The summed E-state index contributed by atoms with van der Waals surface area (Å²) in [5.41, 5.74) is 0.983. The molecule has 2 fully saturated rings. The summed E-state index contributed by atoms with van der Waals surface area (Å²) < 4.78 is 30.1. The van der Waals surface area contributed by atoms with Crippen molar-refractivity contribution in [3.05, 3.63) is 17.5 Å². The van der Waals surface area contributed by atoms with Crippen LogP contribution >= 0.6 is 0 Å². The molecule has 10 heteroatoms. The summed E-state index contributed by atoms with van der Waals surface area (Å²) in [6.45, 7) is 11.4. The van der Waals surface area contributed by atoms with Crippen LogP contribution in [0.1, 0.15) is 31.2 Å². The Labute approximate surface area is 174 Å². The number of nitrogens with one attached hydrogen (secondary N) is 1. The molecule has 1 aromatic rings. The number of aliphatic imine (C=N–C) groups is 1. The van der Waals surface area contributed by atoms with Crippen molar-refractivity contribution in [2.24, 2.45) is 10.9 Å². The van der Waals surface area contributed by atoms with Gasteiger partial charge in [-0.15, -0.1) is 0 Å². The van der Waals surface area contributed by atoms with Gasteiger partial charge in [0.25, 0.3) is 0 Å². The molecule has 3 rings (SSSR count). The second-order valence-corrected chi connectivity index (χ2v) is 9.97. The van der Waals surface area contributed by atoms with E-state index in [0.29, 0.717) is 19.0 Å². The maximum Gasteiger partial charge on any atom is 0.211 e. The molecule has 164 valence electrons. The molecule has 1 aromatic heterocycles. The van der Waals surface area contributed by atoms with E-state index in [1.54, 1.807) is 4.31 Å². The van der Waals surface area contributed by atoms with Crippen molar-refractivity contribution in [1.82, 2.24) is 24.6 Å². The SMILES string of the molecule is CCNC(=NCC1CCN(S(C)(=O)=O)CC1)N1CCN(Cc2cc(C)on2)CC1. The molecule has 3 heterocycles. The average Bonchev–Trinajstić information content (AvgIpc) is 3.10. The molecule has 0 amide bonds. The molecule has 2 saturated heterocycles. The first-order chi connectivity index (χ1) is 13.8. The van der Waals surface area contributed by atoms with E-state index in [4.69, 9.17) is 9.52 Å². The van der Waals surface area contributed by atoms with E-state index in [-0.39, 0.29) is 0 Å². The highest BCUT2D eigenvalue weighted by atomic mass is 32.2. The molecule has 0 saturated carbocycles. The van der Waals surface area contributed by atoms with E-state index in [1.807, 2.05) is 13.0 Å². The van der Waals surface area contributed by atoms with Gasteiger partial charge in [0.05, 0.1) is 11.9 Å². The first-order valence-corrected chi connectivity index (χ1v) is 12.3. The third kappa shape index (κ3) is 6.42. The zero-order valence-electron chi connectivity index (χ0n) is 17.8. The van der Waals surface area contributed by atoms with E-state index in [0.717, 1.165) is 76.1 Å². The number of piperazine rings is 1. The maximum atomic E-state index is 11.7. The third-order valence-corrected chi connectivity index (χ3v) is 6.91. The van der Waals surface area contributed by atoms with E-state index in [2.05, 4.69) is 27.2 Å². The smallest absolute Gasteiger partial charge is 0.211 e. The van der Waals surface area contributed by atoms with Gasteiger partial charge in [0, 0.05) is 65.0 Å². The Balaban J connectivity index is 1.48. The molecule has 9 nitrogen and oxygen atoms in total. The minimum atomic E-state index is -3.07. The van der Waals surface area contributed by atoms with Crippen LogP contribution in [0.15, 0.2) is 15.6 Å². The van der Waals surface area contributed by atoms with Gasteiger partial charge in [0.15, 0.2) is 5.96 Å². The maximum absolute atomic E-state index is 11.7. The Hall–Kier alpha value is -1.65. The van der Waals surface area contributed by atoms with E-state index < -0.39 is 10.0 Å². The standard InChI is InChI=1S/C19H34N6O3S/c1-4-20-19(21-14-17-5-7-25(8-6-17)29(3,26)27)24-11-9-23(10-12-24)15-18-13-16(2)28-22-18/h13,17H,4-12,14-15H2,1-3H3,(H,20,21). The van der Waals surface area contributed by atoms with Gasteiger partial charge in [-0.1, -0.05) is 5.16 Å². The number of sulfonamides is 1. The highest BCUT2D eigenvalue weighted by Gasteiger charge is 2.25. The van der Waals surface area contributed by atoms with Crippen molar-refractivity contribution >= 4 is 16.0 Å². The minimum absolute atomic E-state index is 0.443. The molecule has 0 unspecified atom stereocenters. The largest absolute Gasteiger partial charge is 0.361 e. The van der Waals surface area contributed by atoms with Crippen LogP contribution in [0, 0.1) is 12.8 Å². The summed E-state index contributed by atoms with van der Waals surface area (Å²) in [6.07, 6.45) is 3.04. The van der Waals surface area contributed by atoms with Gasteiger partial charge in [-0.05, 0) is 32.6 Å². The van der Waals surface area contributed by atoms with E-state index in [9.17, 15) is 8.42 Å². The fourth-order valence-electron chi connectivity index (χ4n) is 3.90. The summed E-state index contributed by atoms with van der Waals surface area (Å²) in [6, 6.07) is 1.99. The zero-order valence-corrected chi connectivity index (χ0v) is 18.6. The lowest BCUT2D eigenvalue weighted by atomic mass is 9.98. The summed E-state index contributed by atoms with van der Waals surface area (Å²) >= 11 is 0. The van der Waals surface area contributed by atoms with Gasteiger partial charge in [-0.3, -0.25) is 9.89 Å². The molecule has 0 aromatic carbocycles. The molecule has 1 N–H and O–H groups in total. The number of aryl methyl sites for hydroxylation is 1. The van der Waals surface area contributed by atoms with Gasteiger partial charge in [-0.2, -0.15) is 0 Å². The fourth-order valence-corrected chi connectivity index (χ4v) is 4.78. The topological polar surface area (TPSA) is 94.3 Å². The molecule has 0 radical (unpaired) electrons. The van der Waals surface area contributed by atoms with Gasteiger partial charge in [0.2, 0.25) is 10.0 Å². The number of hydrogen-bond acceptors (Lipinski definition) is 6. The lowest BCUT2D eigenvalue weighted by Gasteiger charge is -2.36. The van der Waals surface area contributed by atoms with Crippen LogP contribution in [0.5, 0.6) is 0 Å². The monoisotopic (exact) mass is 426 g/mol. The molecule has 0 spiro atoms. The van der Waals surface area contributed by atoms with Crippen LogP contribution in [0.25, 0.3) is 0 Å². The first kappa shape index (κ1) is 22.0. The summed E-state index contributed by atoms with van der Waals surface area (Å²) in [5.74, 6) is 2.26. The van der Waals surface area contributed by atoms with Crippen LogP contribution in [-0.4, -0.2) is 92.3 Å². The molecule has 0 aliphatic carbocycles. The summed E-state index contributed by atoms with van der Waals surface area (Å²) in [4.78, 5) is 9.58. The lowest BCUT2D eigenvalue weighted by molar-refractivity contribution is 0.168. The van der Waals surface area contributed by atoms with Crippen molar-refractivity contribution in [2.75, 3.05) is 58.6 Å². The van der Waals surface area contributed by atoms with Crippen molar-refractivity contribution in [3.63, 3.8) is 0 Å². The predicted molar refractivity (Wildman–Crippen MR) is 113 cm³/mol. The van der Waals surface area contributed by atoms with E-state index in [1.165, 1.54) is 6.26 Å². The van der Waals surface area contributed by atoms with Crippen molar-refractivity contribution in [1.29, 1.82) is 0 Å². The van der Waals surface area contributed by atoms with Crippen molar-refractivity contribution in [3.8, 4) is 0 Å². The van der Waals surface area contributed by atoms with Crippen molar-refractivity contribution < 1.29 is 12.9 Å². The Morgan fingerprint density at radius 2 is 1.93 bits per heavy atom. The van der Waals surface area contributed by atoms with Crippen LogP contribution < -0.4 is 5.32 Å². The molecular formula is C19H34N6O3S. The quantitative estimate of drug-likeness (QED) is 0.529. The third-order valence-electron chi connectivity index (χ3n) is 5.61. The average molecular weight is 427 g/mol. The van der Waals surface area contributed by atoms with Gasteiger partial charge in [-0.25, -0.2) is 12.7 Å². The number of piperidine rings is 1. The number of guanidine groups is 1. The van der Waals surface area contributed by atoms with Gasteiger partial charge in [0.1, 0.15) is 5.76 Å². The highest BCUT2D eigenvalue weighted by molar-refractivity contribution is 7.88. The van der Waals surface area contributed by atoms with Crippen LogP contribution in [0.3, 0.4) is 0 Å². The normalized spacial score (nSPS) is 20.9. The Kier molecular flexibility index (Phi) is 7.53. The fraction of sp³-hybridized carbons (Fsp3) is 0.789. The Bertz CT molecular complexity index is 778. The molecular weight excluding hydrogens is 392 g/mol. The Morgan fingerprint density at radius 3 is 2.48 bits per heavy atom. The predicted octanol–water partition coefficient (Wildman–Crippen LogP) is 0.738. The van der Waals surface area contributed by atoms with Gasteiger partial charge < -0.3 is 14.7 Å². The first-order valence-electron chi connectivity index (χ1n) is 10.5. The number of hydrogen-bond donors (Lipinski definition) is 1. The molecule has 2 aliphatic heterocycles. The second-order valence-electron chi connectivity index (χ2n) is 7.99. The number of rotatable bonds is 6. The van der Waals surface area contributed by atoms with E-state index >= 15 is 0 Å². The molecule has 0 bridgehead atoms. The minimum Gasteiger partial charge on any atom is -0.361 e. The highest BCUT2D eigenvalue weighted by Crippen LogP contribution is 2.19. The van der Waals surface area contributed by atoms with Crippen LogP contribution in [0.4, 0.5) is 0 Å². The van der Waals surface area contributed by atoms with Crippen molar-refractivity contribution in [2.45, 2.75) is 33.2 Å². The second kappa shape index (κ2) is 9.90. The number of aromatic nitrogens is 1. The summed E-state index contributed by atoms with van der Waals surface area (Å²) in [5, 5.41) is 7.50. The molecule has 0 atom stereocenters. The van der Waals surface area contributed by atoms with Gasteiger partial charge >= 0.3 is 0 Å². The Morgan fingerprint density at radius 1 is 1.24 bits per heavy atom. The lowest BCUT2D eigenvalue weighted by Crippen LogP contribution is -2.52.